The molecule has 0 aromatic heterocycles. The minimum atomic E-state index is -3.41. The topological polar surface area (TPSA) is 34.1 Å². The number of hydrogen-bond acceptors (Lipinski definition) is 2. The lowest BCUT2D eigenvalue weighted by molar-refractivity contribution is 0.557. The Morgan fingerprint density at radius 3 is 2.30 bits per heavy atom. The minimum absolute atomic E-state index is 0.111. The van der Waals surface area contributed by atoms with Gasteiger partial charge in [0.1, 0.15) is 0 Å². The van der Waals surface area contributed by atoms with Crippen LogP contribution in [0, 0.1) is 12.8 Å². The molecule has 0 N–H and O–H groups in total. The molecular formula is C17H22O2S. The summed E-state index contributed by atoms with van der Waals surface area (Å²) in [6, 6.07) is 7.06. The van der Waals surface area contributed by atoms with Crippen molar-refractivity contribution in [3.05, 3.63) is 54.1 Å². The van der Waals surface area contributed by atoms with Gasteiger partial charge in [0.15, 0.2) is 9.84 Å². The van der Waals surface area contributed by atoms with Gasteiger partial charge >= 0.3 is 0 Å². The van der Waals surface area contributed by atoms with E-state index >= 15 is 0 Å². The maximum Gasteiger partial charge on any atom is 0.187 e. The van der Waals surface area contributed by atoms with Crippen molar-refractivity contribution < 1.29 is 8.42 Å². The monoisotopic (exact) mass is 290 g/mol. The van der Waals surface area contributed by atoms with E-state index in [9.17, 15) is 8.42 Å². The van der Waals surface area contributed by atoms with Gasteiger partial charge in [-0.15, -0.1) is 0 Å². The highest BCUT2D eigenvalue weighted by molar-refractivity contribution is 7.93. The highest BCUT2D eigenvalue weighted by Crippen LogP contribution is 2.48. The van der Waals surface area contributed by atoms with E-state index in [0.29, 0.717) is 11.3 Å². The average molecular weight is 290 g/mol. The molecule has 0 amide bonds. The van der Waals surface area contributed by atoms with Crippen molar-refractivity contribution in [2.75, 3.05) is 0 Å². The predicted octanol–water partition coefficient (Wildman–Crippen LogP) is 4.07. The third kappa shape index (κ3) is 2.14. The van der Waals surface area contributed by atoms with Gasteiger partial charge in [-0.2, -0.15) is 0 Å². The molecule has 1 aromatic rings. The van der Waals surface area contributed by atoms with Gasteiger partial charge in [-0.3, -0.25) is 0 Å². The molecule has 108 valence electrons. The van der Waals surface area contributed by atoms with Crippen LogP contribution in [0.1, 0.15) is 32.3 Å². The van der Waals surface area contributed by atoms with E-state index < -0.39 is 14.6 Å². The second-order valence-corrected chi connectivity index (χ2v) is 8.39. The Bertz CT molecular complexity index is 653. The molecule has 1 aliphatic rings. The van der Waals surface area contributed by atoms with Crippen LogP contribution in [0.2, 0.25) is 0 Å². The first-order chi connectivity index (χ1) is 9.20. The first kappa shape index (κ1) is 15.0. The van der Waals surface area contributed by atoms with Crippen molar-refractivity contribution in [3.63, 3.8) is 0 Å². The van der Waals surface area contributed by atoms with Crippen LogP contribution in [-0.4, -0.2) is 13.2 Å². The van der Waals surface area contributed by atoms with Crippen LogP contribution in [0.25, 0.3) is 0 Å². The second-order valence-electron chi connectivity index (χ2n) is 6.01. The summed E-state index contributed by atoms with van der Waals surface area (Å²) >= 11 is 0. The quantitative estimate of drug-likeness (QED) is 0.786. The summed E-state index contributed by atoms with van der Waals surface area (Å²) in [7, 11) is -3.41. The van der Waals surface area contributed by atoms with E-state index in [0.717, 1.165) is 23.1 Å². The standard InChI is InChI=1S/C17H22O2S/c1-12(2)16-10-11-17(5,14(16)4)20(18,19)15-8-6-13(3)7-9-15/h6-9,16H,1,4,10-11H2,2-3,5H3/t16-,17+/m0/s1. The number of rotatable bonds is 3. The number of aryl methyl sites for hydroxylation is 1. The summed E-state index contributed by atoms with van der Waals surface area (Å²) < 4.78 is 25.0. The molecule has 1 saturated carbocycles. The van der Waals surface area contributed by atoms with Crippen molar-refractivity contribution >= 4 is 9.84 Å². The fourth-order valence-electron chi connectivity index (χ4n) is 2.95. The van der Waals surface area contributed by atoms with Gasteiger partial charge in [-0.25, -0.2) is 8.42 Å². The number of allylic oxidation sites excluding steroid dienone is 1. The Hall–Kier alpha value is -1.35. The molecule has 0 unspecified atom stereocenters. The average Bonchev–Trinajstić information content (AvgIpc) is 2.68. The largest absolute Gasteiger partial charge is 0.223 e. The maximum absolute atomic E-state index is 13.0. The molecule has 3 heteroatoms. The summed E-state index contributed by atoms with van der Waals surface area (Å²) in [5.41, 5.74) is 2.84. The molecule has 2 atom stereocenters. The predicted molar refractivity (Wildman–Crippen MR) is 83.4 cm³/mol. The van der Waals surface area contributed by atoms with Crippen molar-refractivity contribution in [3.8, 4) is 0 Å². The Morgan fingerprint density at radius 2 is 1.85 bits per heavy atom. The number of benzene rings is 1. The van der Waals surface area contributed by atoms with Crippen LogP contribution in [0.3, 0.4) is 0 Å². The van der Waals surface area contributed by atoms with E-state index in [2.05, 4.69) is 13.2 Å². The zero-order valence-corrected chi connectivity index (χ0v) is 13.3. The smallest absolute Gasteiger partial charge is 0.187 e. The van der Waals surface area contributed by atoms with Gasteiger partial charge in [0, 0.05) is 5.92 Å². The van der Waals surface area contributed by atoms with Crippen LogP contribution in [0.4, 0.5) is 0 Å². The molecular weight excluding hydrogens is 268 g/mol. The molecule has 0 radical (unpaired) electrons. The molecule has 0 heterocycles. The van der Waals surface area contributed by atoms with E-state index in [1.807, 2.05) is 26.0 Å². The van der Waals surface area contributed by atoms with Gasteiger partial charge in [-0.1, -0.05) is 36.4 Å². The summed E-state index contributed by atoms with van der Waals surface area (Å²) in [4.78, 5) is 0.383. The van der Waals surface area contributed by atoms with Gasteiger partial charge in [0.25, 0.3) is 0 Å². The van der Waals surface area contributed by atoms with Crippen molar-refractivity contribution in [2.24, 2.45) is 5.92 Å². The molecule has 1 fully saturated rings. The first-order valence-electron chi connectivity index (χ1n) is 6.86. The zero-order valence-electron chi connectivity index (χ0n) is 12.4. The third-order valence-corrected chi connectivity index (χ3v) is 7.07. The number of hydrogen-bond donors (Lipinski definition) is 0. The molecule has 0 bridgehead atoms. The number of sulfone groups is 1. The summed E-state index contributed by atoms with van der Waals surface area (Å²) in [5.74, 6) is 0.111. The highest BCUT2D eigenvalue weighted by Gasteiger charge is 2.49. The van der Waals surface area contributed by atoms with Gasteiger partial charge in [0.05, 0.1) is 9.64 Å². The van der Waals surface area contributed by atoms with Gasteiger partial charge in [-0.05, 0) is 51.3 Å². The summed E-state index contributed by atoms with van der Waals surface area (Å²) in [6.45, 7) is 13.7. The van der Waals surface area contributed by atoms with Crippen LogP contribution < -0.4 is 0 Å². The van der Waals surface area contributed by atoms with Crippen LogP contribution in [0.15, 0.2) is 53.5 Å². The molecule has 0 saturated heterocycles. The fraction of sp³-hybridized carbons (Fsp3) is 0.412. The minimum Gasteiger partial charge on any atom is -0.223 e. The lowest BCUT2D eigenvalue weighted by Crippen LogP contribution is -2.34. The van der Waals surface area contributed by atoms with E-state index in [1.165, 1.54) is 0 Å². The Kier molecular flexibility index (Phi) is 3.67. The summed E-state index contributed by atoms with van der Waals surface area (Å²) in [5, 5.41) is 0. The zero-order chi connectivity index (χ0) is 15.1. The Labute approximate surface area is 122 Å². The molecule has 2 nitrogen and oxygen atoms in total. The highest BCUT2D eigenvalue weighted by atomic mass is 32.2. The van der Waals surface area contributed by atoms with Gasteiger partial charge in [0.2, 0.25) is 0 Å². The normalized spacial score (nSPS) is 26.8. The Balaban J connectivity index is 2.47. The van der Waals surface area contributed by atoms with Crippen LogP contribution in [0.5, 0.6) is 0 Å². The van der Waals surface area contributed by atoms with Crippen molar-refractivity contribution in [1.82, 2.24) is 0 Å². The molecule has 1 aromatic carbocycles. The maximum atomic E-state index is 13.0. The van der Waals surface area contributed by atoms with Crippen LogP contribution in [-0.2, 0) is 9.84 Å². The van der Waals surface area contributed by atoms with Crippen molar-refractivity contribution in [2.45, 2.75) is 43.3 Å². The molecule has 20 heavy (non-hydrogen) atoms. The SMILES string of the molecule is C=C(C)[C@@H]1CC[C@@](C)(S(=O)(=O)c2ccc(C)cc2)C1=C. The lowest BCUT2D eigenvalue weighted by atomic mass is 9.94. The van der Waals surface area contributed by atoms with Crippen LogP contribution >= 0.6 is 0 Å². The molecule has 2 rings (SSSR count). The lowest BCUT2D eigenvalue weighted by Gasteiger charge is -2.27. The molecule has 0 aliphatic heterocycles. The van der Waals surface area contributed by atoms with E-state index in [-0.39, 0.29) is 5.92 Å². The second kappa shape index (κ2) is 4.88. The fourth-order valence-corrected chi connectivity index (χ4v) is 4.84. The molecule has 0 spiro atoms. The summed E-state index contributed by atoms with van der Waals surface area (Å²) in [6.07, 6.45) is 1.43. The third-order valence-electron chi connectivity index (χ3n) is 4.53. The first-order valence-corrected chi connectivity index (χ1v) is 8.34. The Morgan fingerprint density at radius 1 is 1.30 bits per heavy atom. The van der Waals surface area contributed by atoms with E-state index in [1.54, 1.807) is 19.1 Å². The van der Waals surface area contributed by atoms with Gasteiger partial charge < -0.3 is 0 Å². The van der Waals surface area contributed by atoms with Crippen molar-refractivity contribution in [1.29, 1.82) is 0 Å². The van der Waals surface area contributed by atoms with E-state index in [4.69, 9.17) is 0 Å². The molecule has 1 aliphatic carbocycles.